The molecule has 0 bridgehead atoms. The van der Waals surface area contributed by atoms with Crippen LogP contribution in [-0.4, -0.2) is 19.4 Å². The largest absolute Gasteiger partial charge is 0.273 e. The number of hydrogen-bond donors (Lipinski definition) is 2. The molecule has 3 N–H and O–H groups in total. The number of hydrogen-bond acceptors (Lipinski definition) is 4. The molecule has 0 fully saturated rings. The van der Waals surface area contributed by atoms with Crippen molar-refractivity contribution in [2.24, 2.45) is 5.84 Å². The molecule has 0 saturated heterocycles. The minimum atomic E-state index is -0.111. The molecule has 0 aliphatic heterocycles. The number of aromatic nitrogens is 4. The van der Waals surface area contributed by atoms with Gasteiger partial charge in [0.15, 0.2) is 0 Å². The number of nitrogens with two attached hydrogens (primary N) is 1. The van der Waals surface area contributed by atoms with Gasteiger partial charge in [-0.2, -0.15) is 10.2 Å². The van der Waals surface area contributed by atoms with Crippen molar-refractivity contribution in [3.05, 3.63) is 54.1 Å². The van der Waals surface area contributed by atoms with Crippen LogP contribution in [-0.2, 0) is 6.54 Å². The summed E-state index contributed by atoms with van der Waals surface area (Å²) in [4.78, 5) is 0. The van der Waals surface area contributed by atoms with E-state index in [1.54, 1.807) is 0 Å². The third-order valence-corrected chi connectivity index (χ3v) is 3.24. The fraction of sp³-hybridized carbons (Fsp3) is 0.231. The Labute approximate surface area is 110 Å². The molecule has 0 radical (unpaired) electrons. The molecule has 1 atom stereocenters. The first-order valence-corrected chi connectivity index (χ1v) is 6.24. The van der Waals surface area contributed by atoms with Crippen LogP contribution >= 0.6 is 0 Å². The topological polar surface area (TPSA) is 73.2 Å². The van der Waals surface area contributed by atoms with Gasteiger partial charge in [0, 0.05) is 30.1 Å². The zero-order chi connectivity index (χ0) is 13.2. The fourth-order valence-electron chi connectivity index (χ4n) is 2.24. The van der Waals surface area contributed by atoms with Crippen LogP contribution in [0.1, 0.15) is 24.1 Å². The van der Waals surface area contributed by atoms with Crippen LogP contribution in [0.5, 0.6) is 0 Å². The lowest BCUT2D eigenvalue weighted by Gasteiger charge is -2.12. The predicted octanol–water partition coefficient (Wildman–Crippen LogP) is 1.10. The lowest BCUT2D eigenvalue weighted by molar-refractivity contribution is 0.633. The van der Waals surface area contributed by atoms with E-state index in [1.165, 1.54) is 0 Å². The third-order valence-electron chi connectivity index (χ3n) is 3.24. The minimum Gasteiger partial charge on any atom is -0.273 e. The van der Waals surface area contributed by atoms with Crippen LogP contribution < -0.4 is 11.3 Å². The van der Waals surface area contributed by atoms with Gasteiger partial charge in [0.05, 0.1) is 24.0 Å². The van der Waals surface area contributed by atoms with Crippen LogP contribution in [0, 0.1) is 0 Å². The van der Waals surface area contributed by atoms with Crippen LogP contribution in [0.2, 0.25) is 0 Å². The second-order valence-electron chi connectivity index (χ2n) is 4.36. The highest BCUT2D eigenvalue weighted by Gasteiger charge is 2.18. The van der Waals surface area contributed by atoms with Gasteiger partial charge in [-0.25, -0.2) is 9.94 Å². The van der Waals surface area contributed by atoms with Gasteiger partial charge in [-0.05, 0) is 19.1 Å². The molecule has 1 unspecified atom stereocenters. The molecule has 0 aliphatic rings. The molecule has 3 aromatic rings. The van der Waals surface area contributed by atoms with Gasteiger partial charge in [-0.3, -0.25) is 10.5 Å². The first kappa shape index (κ1) is 11.9. The summed E-state index contributed by atoms with van der Waals surface area (Å²) >= 11 is 0. The quantitative estimate of drug-likeness (QED) is 0.541. The van der Waals surface area contributed by atoms with Crippen LogP contribution in [0.25, 0.3) is 5.52 Å². The van der Waals surface area contributed by atoms with Crippen LogP contribution in [0.15, 0.2) is 43.0 Å². The van der Waals surface area contributed by atoms with Gasteiger partial charge in [-0.15, -0.1) is 0 Å². The highest BCUT2D eigenvalue weighted by Crippen LogP contribution is 2.24. The standard InChI is InChI=1S/C13H16N6/c1-2-18-9-10(7-15-18)13(17-14)11-8-16-19-6-4-3-5-12(11)19/h3-9,13,17H,2,14H2,1H3. The second kappa shape index (κ2) is 4.83. The van der Waals surface area contributed by atoms with Gasteiger partial charge in [0.1, 0.15) is 0 Å². The molecule has 19 heavy (non-hydrogen) atoms. The molecule has 3 heterocycles. The molecule has 0 spiro atoms. The normalized spacial score (nSPS) is 12.9. The Bertz CT molecular complexity index is 683. The summed E-state index contributed by atoms with van der Waals surface area (Å²) < 4.78 is 3.72. The number of nitrogens with zero attached hydrogens (tertiary/aromatic N) is 4. The predicted molar refractivity (Wildman–Crippen MR) is 72.3 cm³/mol. The smallest absolute Gasteiger partial charge is 0.0777 e. The molecular weight excluding hydrogens is 240 g/mol. The summed E-state index contributed by atoms with van der Waals surface area (Å²) in [6.07, 6.45) is 7.59. The number of fused-ring (bicyclic) bond motifs is 1. The fourth-order valence-corrected chi connectivity index (χ4v) is 2.24. The van der Waals surface area contributed by atoms with Gasteiger partial charge in [0.2, 0.25) is 0 Å². The Kier molecular flexibility index (Phi) is 3.02. The summed E-state index contributed by atoms with van der Waals surface area (Å²) in [6.45, 7) is 2.89. The van der Waals surface area contributed by atoms with E-state index >= 15 is 0 Å². The number of hydrazine groups is 1. The van der Waals surface area contributed by atoms with E-state index < -0.39 is 0 Å². The van der Waals surface area contributed by atoms with Crippen LogP contribution in [0.3, 0.4) is 0 Å². The van der Waals surface area contributed by atoms with Crippen molar-refractivity contribution in [2.45, 2.75) is 19.5 Å². The van der Waals surface area contributed by atoms with E-state index in [-0.39, 0.29) is 6.04 Å². The first-order valence-electron chi connectivity index (χ1n) is 6.24. The summed E-state index contributed by atoms with van der Waals surface area (Å²) in [7, 11) is 0. The molecule has 6 heteroatoms. The molecule has 0 aliphatic carbocycles. The van der Waals surface area contributed by atoms with Crippen molar-refractivity contribution < 1.29 is 0 Å². The van der Waals surface area contributed by atoms with Crippen molar-refractivity contribution >= 4 is 5.52 Å². The number of rotatable bonds is 4. The molecular formula is C13H16N6. The maximum atomic E-state index is 5.71. The van der Waals surface area contributed by atoms with Crippen molar-refractivity contribution in [3.8, 4) is 0 Å². The molecule has 0 saturated carbocycles. The van der Waals surface area contributed by atoms with E-state index in [2.05, 4.69) is 22.5 Å². The number of aryl methyl sites for hydroxylation is 1. The van der Waals surface area contributed by atoms with Gasteiger partial charge in [-0.1, -0.05) is 6.07 Å². The van der Waals surface area contributed by atoms with E-state index in [0.717, 1.165) is 23.2 Å². The Morgan fingerprint density at radius 1 is 1.32 bits per heavy atom. The number of pyridine rings is 1. The highest BCUT2D eigenvalue weighted by molar-refractivity contribution is 5.56. The molecule has 3 aromatic heterocycles. The maximum Gasteiger partial charge on any atom is 0.0777 e. The molecule has 0 aromatic carbocycles. The van der Waals surface area contributed by atoms with E-state index in [4.69, 9.17) is 5.84 Å². The lowest BCUT2D eigenvalue weighted by Crippen LogP contribution is -2.28. The monoisotopic (exact) mass is 256 g/mol. The minimum absolute atomic E-state index is 0.111. The lowest BCUT2D eigenvalue weighted by atomic mass is 10.0. The van der Waals surface area contributed by atoms with E-state index in [9.17, 15) is 0 Å². The Morgan fingerprint density at radius 2 is 2.21 bits per heavy atom. The van der Waals surface area contributed by atoms with Gasteiger partial charge >= 0.3 is 0 Å². The third kappa shape index (κ3) is 2.00. The summed E-state index contributed by atoms with van der Waals surface area (Å²) in [5.74, 6) is 5.71. The van der Waals surface area contributed by atoms with Gasteiger partial charge in [0.25, 0.3) is 0 Å². The van der Waals surface area contributed by atoms with E-state index in [1.807, 2.05) is 52.2 Å². The molecule has 0 amide bonds. The summed E-state index contributed by atoms with van der Waals surface area (Å²) in [5.41, 5.74) is 5.95. The summed E-state index contributed by atoms with van der Waals surface area (Å²) in [5, 5.41) is 8.62. The van der Waals surface area contributed by atoms with E-state index in [0.29, 0.717) is 0 Å². The first-order chi connectivity index (χ1) is 9.33. The van der Waals surface area contributed by atoms with Crippen molar-refractivity contribution in [1.29, 1.82) is 0 Å². The average molecular weight is 256 g/mol. The molecule has 3 rings (SSSR count). The zero-order valence-corrected chi connectivity index (χ0v) is 10.7. The van der Waals surface area contributed by atoms with Crippen molar-refractivity contribution in [2.75, 3.05) is 0 Å². The Morgan fingerprint density at radius 3 is 2.95 bits per heavy atom. The highest BCUT2D eigenvalue weighted by atomic mass is 15.3. The van der Waals surface area contributed by atoms with Crippen molar-refractivity contribution in [1.82, 2.24) is 24.8 Å². The summed E-state index contributed by atoms with van der Waals surface area (Å²) in [6, 6.07) is 5.85. The molecule has 98 valence electrons. The average Bonchev–Trinajstić information content (AvgIpc) is 3.07. The Hall–Kier alpha value is -2.18. The number of nitrogens with one attached hydrogen (secondary N) is 1. The molecule has 6 nitrogen and oxygen atoms in total. The Balaban J connectivity index is 2.06. The van der Waals surface area contributed by atoms with Crippen molar-refractivity contribution in [3.63, 3.8) is 0 Å². The van der Waals surface area contributed by atoms with Crippen LogP contribution in [0.4, 0.5) is 0 Å². The SMILES string of the molecule is CCn1cc(C(NN)c2cnn3ccccc23)cn1. The second-order valence-corrected chi connectivity index (χ2v) is 4.36. The van der Waals surface area contributed by atoms with Gasteiger partial charge < -0.3 is 0 Å². The zero-order valence-electron chi connectivity index (χ0n) is 10.7. The maximum absolute atomic E-state index is 5.71.